The van der Waals surface area contributed by atoms with Gasteiger partial charge in [0.15, 0.2) is 0 Å². The van der Waals surface area contributed by atoms with E-state index in [0.717, 1.165) is 11.1 Å². The van der Waals surface area contributed by atoms with Crippen molar-refractivity contribution in [2.75, 3.05) is 39.5 Å². The second-order valence-corrected chi connectivity index (χ2v) is 7.60. The molecule has 0 aliphatic carbocycles. The maximum atomic E-state index is 12.7. The van der Waals surface area contributed by atoms with Crippen LogP contribution < -0.4 is 4.74 Å². The Kier molecular flexibility index (Phi) is 4.77. The summed E-state index contributed by atoms with van der Waals surface area (Å²) in [4.78, 5) is 14.4. The molecule has 2 rings (SSSR count). The maximum Gasteiger partial charge on any atom is 0.257 e. The molecule has 1 aromatic rings. The molecule has 7 heteroatoms. The number of aryl methyl sites for hydroxylation is 2. The zero-order chi connectivity index (χ0) is 16.5. The molecule has 1 heterocycles. The molecule has 1 saturated heterocycles. The second kappa shape index (κ2) is 6.26. The molecule has 0 bridgehead atoms. The van der Waals surface area contributed by atoms with Gasteiger partial charge in [0.2, 0.25) is 10.0 Å². The lowest BCUT2D eigenvalue weighted by molar-refractivity contribution is 0.0694. The van der Waals surface area contributed by atoms with E-state index in [1.807, 2.05) is 26.0 Å². The Hall–Kier alpha value is -1.60. The summed E-state index contributed by atoms with van der Waals surface area (Å²) in [7, 11) is -1.65. The number of nitrogens with zero attached hydrogens (tertiary/aromatic N) is 2. The fraction of sp³-hybridized carbons (Fsp3) is 0.533. The van der Waals surface area contributed by atoms with E-state index in [9.17, 15) is 13.2 Å². The van der Waals surface area contributed by atoms with Crippen LogP contribution in [0.1, 0.15) is 21.5 Å². The minimum Gasteiger partial charge on any atom is -0.496 e. The van der Waals surface area contributed by atoms with E-state index in [1.54, 1.807) is 12.0 Å². The van der Waals surface area contributed by atoms with Gasteiger partial charge in [-0.2, -0.15) is 4.31 Å². The van der Waals surface area contributed by atoms with Crippen LogP contribution in [-0.4, -0.2) is 63.1 Å². The van der Waals surface area contributed by atoms with Gasteiger partial charge in [-0.3, -0.25) is 4.79 Å². The number of sulfonamides is 1. The SMILES string of the molecule is COc1cc(C)cc(C)c1C(=O)N1CCN(S(C)(=O)=O)CC1. The van der Waals surface area contributed by atoms with Gasteiger partial charge in [-0.25, -0.2) is 8.42 Å². The van der Waals surface area contributed by atoms with Gasteiger partial charge in [0.25, 0.3) is 5.91 Å². The lowest BCUT2D eigenvalue weighted by Gasteiger charge is -2.33. The predicted molar refractivity (Wildman–Crippen MR) is 84.8 cm³/mol. The Bertz CT molecular complexity index is 677. The van der Waals surface area contributed by atoms with E-state index in [4.69, 9.17) is 4.74 Å². The van der Waals surface area contributed by atoms with Gasteiger partial charge in [0, 0.05) is 26.2 Å². The topological polar surface area (TPSA) is 66.9 Å². The highest BCUT2D eigenvalue weighted by atomic mass is 32.2. The van der Waals surface area contributed by atoms with Crippen molar-refractivity contribution >= 4 is 15.9 Å². The van der Waals surface area contributed by atoms with E-state index >= 15 is 0 Å². The van der Waals surface area contributed by atoms with Crippen LogP contribution in [0.4, 0.5) is 0 Å². The Morgan fingerprint density at radius 2 is 1.73 bits per heavy atom. The Balaban J connectivity index is 2.21. The Morgan fingerprint density at radius 3 is 2.23 bits per heavy atom. The standard InChI is InChI=1S/C15H22N2O4S/c1-11-9-12(2)14(13(10-11)21-3)15(18)16-5-7-17(8-6-16)22(4,19)20/h9-10H,5-8H2,1-4H3. The molecule has 6 nitrogen and oxygen atoms in total. The number of carbonyl (C=O) groups excluding carboxylic acids is 1. The quantitative estimate of drug-likeness (QED) is 0.832. The summed E-state index contributed by atoms with van der Waals surface area (Å²) in [5, 5.41) is 0. The van der Waals surface area contributed by atoms with Gasteiger partial charge in [-0.15, -0.1) is 0 Å². The van der Waals surface area contributed by atoms with E-state index in [0.29, 0.717) is 37.5 Å². The smallest absolute Gasteiger partial charge is 0.257 e. The number of methoxy groups -OCH3 is 1. The second-order valence-electron chi connectivity index (χ2n) is 5.61. The van der Waals surface area contributed by atoms with E-state index in [1.165, 1.54) is 10.6 Å². The third-order valence-corrected chi connectivity index (χ3v) is 5.18. The summed E-state index contributed by atoms with van der Waals surface area (Å²) < 4.78 is 29.8. The molecule has 1 aromatic carbocycles. The van der Waals surface area contributed by atoms with Crippen LogP contribution >= 0.6 is 0 Å². The highest BCUT2D eigenvalue weighted by Crippen LogP contribution is 2.26. The van der Waals surface area contributed by atoms with E-state index in [-0.39, 0.29) is 5.91 Å². The monoisotopic (exact) mass is 326 g/mol. The zero-order valence-electron chi connectivity index (χ0n) is 13.4. The van der Waals surface area contributed by atoms with Crippen molar-refractivity contribution in [2.45, 2.75) is 13.8 Å². The largest absolute Gasteiger partial charge is 0.496 e. The van der Waals surface area contributed by atoms with Gasteiger partial charge in [-0.05, 0) is 31.0 Å². The van der Waals surface area contributed by atoms with Crippen molar-refractivity contribution < 1.29 is 17.9 Å². The third-order valence-electron chi connectivity index (χ3n) is 3.87. The number of benzene rings is 1. The van der Waals surface area contributed by atoms with Crippen LogP contribution in [0.15, 0.2) is 12.1 Å². The first-order valence-corrected chi connectivity index (χ1v) is 8.98. The highest BCUT2D eigenvalue weighted by molar-refractivity contribution is 7.88. The number of hydrogen-bond acceptors (Lipinski definition) is 4. The molecular weight excluding hydrogens is 304 g/mol. The number of amides is 1. The van der Waals surface area contributed by atoms with Crippen LogP contribution in [0, 0.1) is 13.8 Å². The summed E-state index contributed by atoms with van der Waals surface area (Å²) in [6.45, 7) is 5.28. The van der Waals surface area contributed by atoms with Crippen molar-refractivity contribution in [3.63, 3.8) is 0 Å². The highest BCUT2D eigenvalue weighted by Gasteiger charge is 2.28. The Labute approximate surface area is 131 Å². The molecule has 0 N–H and O–H groups in total. The summed E-state index contributed by atoms with van der Waals surface area (Å²) in [5.74, 6) is 0.454. The van der Waals surface area contributed by atoms with Crippen molar-refractivity contribution in [1.82, 2.24) is 9.21 Å². The molecule has 1 aliphatic rings. The van der Waals surface area contributed by atoms with Gasteiger partial charge in [0.05, 0.1) is 18.9 Å². The minimum absolute atomic E-state index is 0.109. The molecule has 0 saturated carbocycles. The van der Waals surface area contributed by atoms with Crippen LogP contribution in [-0.2, 0) is 10.0 Å². The van der Waals surface area contributed by atoms with E-state index in [2.05, 4.69) is 0 Å². The van der Waals surface area contributed by atoms with Crippen molar-refractivity contribution in [3.05, 3.63) is 28.8 Å². The van der Waals surface area contributed by atoms with Crippen molar-refractivity contribution in [3.8, 4) is 5.75 Å². The predicted octanol–water partition coefficient (Wildman–Crippen LogP) is 1.03. The molecule has 0 unspecified atom stereocenters. The van der Waals surface area contributed by atoms with Crippen LogP contribution in [0.3, 0.4) is 0 Å². The van der Waals surface area contributed by atoms with E-state index < -0.39 is 10.0 Å². The first-order chi connectivity index (χ1) is 10.2. The summed E-state index contributed by atoms with van der Waals surface area (Å²) in [6, 6.07) is 3.79. The molecule has 122 valence electrons. The molecular formula is C15H22N2O4S. The van der Waals surface area contributed by atoms with Gasteiger partial charge in [0.1, 0.15) is 5.75 Å². The number of ether oxygens (including phenoxy) is 1. The molecule has 22 heavy (non-hydrogen) atoms. The number of hydrogen-bond donors (Lipinski definition) is 0. The number of carbonyl (C=O) groups is 1. The molecule has 0 radical (unpaired) electrons. The molecule has 0 atom stereocenters. The van der Waals surface area contributed by atoms with Crippen LogP contribution in [0.5, 0.6) is 5.75 Å². The van der Waals surface area contributed by atoms with Gasteiger partial charge >= 0.3 is 0 Å². The number of piperazine rings is 1. The fourth-order valence-corrected chi connectivity index (χ4v) is 3.57. The average Bonchev–Trinajstić information content (AvgIpc) is 2.45. The van der Waals surface area contributed by atoms with Crippen molar-refractivity contribution in [2.24, 2.45) is 0 Å². The summed E-state index contributed by atoms with van der Waals surface area (Å²) in [6.07, 6.45) is 1.19. The molecule has 0 aromatic heterocycles. The minimum atomic E-state index is -3.20. The summed E-state index contributed by atoms with van der Waals surface area (Å²) in [5.41, 5.74) is 2.46. The molecule has 1 amide bonds. The lowest BCUT2D eigenvalue weighted by Crippen LogP contribution is -2.50. The van der Waals surface area contributed by atoms with Crippen molar-refractivity contribution in [1.29, 1.82) is 0 Å². The molecule has 1 fully saturated rings. The third kappa shape index (κ3) is 3.41. The summed E-state index contributed by atoms with van der Waals surface area (Å²) >= 11 is 0. The van der Waals surface area contributed by atoms with Gasteiger partial charge < -0.3 is 9.64 Å². The lowest BCUT2D eigenvalue weighted by atomic mass is 10.0. The first-order valence-electron chi connectivity index (χ1n) is 7.13. The van der Waals surface area contributed by atoms with Gasteiger partial charge in [-0.1, -0.05) is 6.07 Å². The maximum absolute atomic E-state index is 12.7. The number of rotatable bonds is 3. The zero-order valence-corrected chi connectivity index (χ0v) is 14.2. The Morgan fingerprint density at radius 1 is 1.14 bits per heavy atom. The van der Waals surface area contributed by atoms with Crippen LogP contribution in [0.25, 0.3) is 0 Å². The average molecular weight is 326 g/mol. The van der Waals surface area contributed by atoms with Crippen LogP contribution in [0.2, 0.25) is 0 Å². The molecule has 0 spiro atoms. The molecule has 1 aliphatic heterocycles. The normalized spacial score (nSPS) is 16.6. The fourth-order valence-electron chi connectivity index (χ4n) is 2.74. The first kappa shape index (κ1) is 16.8.